The third kappa shape index (κ3) is 4.74. The van der Waals surface area contributed by atoms with E-state index in [0.717, 1.165) is 13.5 Å². The van der Waals surface area contributed by atoms with Gasteiger partial charge in [-0.2, -0.15) is 13.2 Å². The van der Waals surface area contributed by atoms with Crippen LogP contribution in [0, 0.1) is 0 Å². The molecule has 1 heterocycles. The zero-order valence-electron chi connectivity index (χ0n) is 9.67. The number of nitrogens with one attached hydrogen (secondary N) is 1. The summed E-state index contributed by atoms with van der Waals surface area (Å²) in [6, 6.07) is 1.58. The van der Waals surface area contributed by atoms with Gasteiger partial charge in [0.15, 0.2) is 11.9 Å². The summed E-state index contributed by atoms with van der Waals surface area (Å²) in [6.07, 6.45) is -6.17. The Morgan fingerprint density at radius 3 is 2.82 bits per heavy atom. The molecule has 1 aromatic rings. The Morgan fingerprint density at radius 1 is 1.53 bits per heavy atom. The highest BCUT2D eigenvalue weighted by atomic mass is 19.4. The first-order valence-electron chi connectivity index (χ1n) is 5.27. The van der Waals surface area contributed by atoms with Crippen molar-refractivity contribution in [1.29, 1.82) is 0 Å². The third-order valence-electron chi connectivity index (χ3n) is 2.10. The molecular formula is C10H15F3N2O2. The molecule has 0 aliphatic carbocycles. The Bertz CT molecular complexity index is 339. The summed E-state index contributed by atoms with van der Waals surface area (Å²) in [7, 11) is 0. The monoisotopic (exact) mass is 252 g/mol. The van der Waals surface area contributed by atoms with Crippen LogP contribution in [0.5, 0.6) is 0 Å². The fourth-order valence-electron chi connectivity index (χ4n) is 1.06. The number of alkyl halides is 3. The number of rotatable bonds is 6. The van der Waals surface area contributed by atoms with Crippen molar-refractivity contribution in [1.82, 2.24) is 10.5 Å². The fourth-order valence-corrected chi connectivity index (χ4v) is 1.06. The molecule has 98 valence electrons. The Morgan fingerprint density at radius 2 is 2.24 bits per heavy atom. The first-order valence-corrected chi connectivity index (χ1v) is 5.27. The maximum absolute atomic E-state index is 12.1. The number of ether oxygens (including phenoxy) is 1. The molecule has 7 heteroatoms. The van der Waals surface area contributed by atoms with Crippen molar-refractivity contribution < 1.29 is 22.4 Å². The molecule has 4 nitrogen and oxygen atoms in total. The number of aromatic nitrogens is 1. The maximum Gasteiger partial charge on any atom is 0.414 e. The van der Waals surface area contributed by atoms with Crippen LogP contribution < -0.4 is 5.32 Å². The van der Waals surface area contributed by atoms with E-state index in [1.165, 1.54) is 0 Å². The van der Waals surface area contributed by atoms with Crippen LogP contribution in [0.2, 0.25) is 0 Å². The van der Waals surface area contributed by atoms with Crippen LogP contribution in [-0.4, -0.2) is 24.0 Å². The van der Waals surface area contributed by atoms with Gasteiger partial charge in [0.25, 0.3) is 0 Å². The van der Waals surface area contributed by atoms with Crippen molar-refractivity contribution in [3.8, 4) is 0 Å². The van der Waals surface area contributed by atoms with E-state index in [1.807, 2.05) is 6.92 Å². The molecule has 0 fully saturated rings. The van der Waals surface area contributed by atoms with E-state index in [0.29, 0.717) is 12.2 Å². The minimum atomic E-state index is -4.35. The van der Waals surface area contributed by atoms with Gasteiger partial charge < -0.3 is 14.6 Å². The second kappa shape index (κ2) is 6.02. The summed E-state index contributed by atoms with van der Waals surface area (Å²) in [5.74, 6) is 0.286. The van der Waals surface area contributed by atoms with Gasteiger partial charge in [-0.05, 0) is 13.5 Å². The number of halogens is 3. The molecule has 0 amide bonds. The van der Waals surface area contributed by atoms with E-state index in [4.69, 9.17) is 4.52 Å². The van der Waals surface area contributed by atoms with Crippen LogP contribution in [-0.2, 0) is 17.9 Å². The summed E-state index contributed by atoms with van der Waals surface area (Å²) in [6.45, 7) is 3.96. The van der Waals surface area contributed by atoms with E-state index >= 15 is 0 Å². The van der Waals surface area contributed by atoms with Crippen LogP contribution >= 0.6 is 0 Å². The lowest BCUT2D eigenvalue weighted by atomic mass is 10.3. The number of nitrogens with zero attached hydrogens (tertiary/aromatic N) is 1. The Kier molecular flexibility index (Phi) is 4.95. The average Bonchev–Trinajstić information content (AvgIpc) is 2.69. The summed E-state index contributed by atoms with van der Waals surface area (Å²) >= 11 is 0. The molecule has 1 rings (SSSR count). The van der Waals surface area contributed by atoms with Crippen LogP contribution in [0.1, 0.15) is 25.3 Å². The third-order valence-corrected chi connectivity index (χ3v) is 2.10. The van der Waals surface area contributed by atoms with Crippen molar-refractivity contribution in [2.45, 2.75) is 39.3 Å². The Balaban J connectivity index is 2.39. The molecule has 1 unspecified atom stereocenters. The maximum atomic E-state index is 12.1. The van der Waals surface area contributed by atoms with Crippen molar-refractivity contribution in [3.05, 3.63) is 17.5 Å². The van der Waals surface area contributed by atoms with E-state index in [2.05, 4.69) is 15.2 Å². The van der Waals surface area contributed by atoms with Gasteiger partial charge in [0.05, 0.1) is 5.69 Å². The first kappa shape index (κ1) is 14.0. The van der Waals surface area contributed by atoms with Crippen LogP contribution in [0.4, 0.5) is 13.2 Å². The number of hydrogen-bond acceptors (Lipinski definition) is 4. The van der Waals surface area contributed by atoms with Crippen molar-refractivity contribution in [2.24, 2.45) is 0 Å². The lowest BCUT2D eigenvalue weighted by Gasteiger charge is -2.14. The largest absolute Gasteiger partial charge is 0.414 e. The van der Waals surface area contributed by atoms with Gasteiger partial charge in [0.1, 0.15) is 6.61 Å². The van der Waals surface area contributed by atoms with Gasteiger partial charge in [-0.15, -0.1) is 0 Å². The molecule has 0 radical (unpaired) electrons. The zero-order valence-corrected chi connectivity index (χ0v) is 9.67. The van der Waals surface area contributed by atoms with Gasteiger partial charge in [0.2, 0.25) is 0 Å². The highest BCUT2D eigenvalue weighted by Crippen LogP contribution is 2.23. The molecule has 0 saturated carbocycles. The van der Waals surface area contributed by atoms with Gasteiger partial charge >= 0.3 is 6.18 Å². The van der Waals surface area contributed by atoms with Crippen LogP contribution in [0.15, 0.2) is 10.6 Å². The van der Waals surface area contributed by atoms with Crippen LogP contribution in [0.3, 0.4) is 0 Å². The molecule has 17 heavy (non-hydrogen) atoms. The van der Waals surface area contributed by atoms with Crippen LogP contribution in [0.25, 0.3) is 0 Å². The standard InChI is InChI=1S/C10H15F3N2O2/c1-3-14-5-8-4-9(17-15-8)6-16-7(2)10(11,12)13/h4,7,14H,3,5-6H2,1-2H3. The normalized spacial score (nSPS) is 13.9. The fraction of sp³-hybridized carbons (Fsp3) is 0.700. The molecule has 0 aliphatic rings. The van der Waals surface area contributed by atoms with Gasteiger partial charge in [-0.1, -0.05) is 12.1 Å². The average molecular weight is 252 g/mol. The summed E-state index contributed by atoms with van der Waals surface area (Å²) in [4.78, 5) is 0. The SMILES string of the molecule is CCNCc1cc(COC(C)C(F)(F)F)on1. The molecular weight excluding hydrogens is 237 g/mol. The van der Waals surface area contributed by atoms with E-state index in [1.54, 1.807) is 6.07 Å². The van der Waals surface area contributed by atoms with Gasteiger partial charge in [0, 0.05) is 12.6 Å². The van der Waals surface area contributed by atoms with E-state index in [9.17, 15) is 13.2 Å². The number of hydrogen-bond donors (Lipinski definition) is 1. The predicted molar refractivity (Wildman–Crippen MR) is 54.2 cm³/mol. The highest BCUT2D eigenvalue weighted by Gasteiger charge is 2.37. The molecule has 0 spiro atoms. The highest BCUT2D eigenvalue weighted by molar-refractivity contribution is 5.04. The zero-order chi connectivity index (χ0) is 12.9. The minimum Gasteiger partial charge on any atom is -0.361 e. The smallest absolute Gasteiger partial charge is 0.361 e. The molecule has 0 aromatic carbocycles. The summed E-state index contributed by atoms with van der Waals surface area (Å²) in [5.41, 5.74) is 0.644. The Labute approximate surface area is 97.1 Å². The minimum absolute atomic E-state index is 0.236. The molecule has 1 N–H and O–H groups in total. The van der Waals surface area contributed by atoms with E-state index < -0.39 is 12.3 Å². The summed E-state index contributed by atoms with van der Waals surface area (Å²) < 4.78 is 45.9. The second-order valence-corrected chi connectivity index (χ2v) is 3.56. The molecule has 1 aromatic heterocycles. The molecule has 0 saturated heterocycles. The van der Waals surface area contributed by atoms with Crippen molar-refractivity contribution >= 4 is 0 Å². The first-order chi connectivity index (χ1) is 7.93. The molecule has 0 bridgehead atoms. The molecule has 0 aliphatic heterocycles. The van der Waals surface area contributed by atoms with Gasteiger partial charge in [-0.25, -0.2) is 0 Å². The summed E-state index contributed by atoms with van der Waals surface area (Å²) in [5, 5.41) is 6.72. The van der Waals surface area contributed by atoms with Gasteiger partial charge in [-0.3, -0.25) is 0 Å². The van der Waals surface area contributed by atoms with Crippen molar-refractivity contribution in [3.63, 3.8) is 0 Å². The lowest BCUT2D eigenvalue weighted by molar-refractivity contribution is -0.218. The predicted octanol–water partition coefficient (Wildman–Crippen LogP) is 2.25. The quantitative estimate of drug-likeness (QED) is 0.843. The van der Waals surface area contributed by atoms with E-state index in [-0.39, 0.29) is 12.4 Å². The Hall–Kier alpha value is -1.08. The second-order valence-electron chi connectivity index (χ2n) is 3.56. The lowest BCUT2D eigenvalue weighted by Crippen LogP contribution is -2.28. The van der Waals surface area contributed by atoms with Crippen molar-refractivity contribution in [2.75, 3.05) is 6.54 Å². The molecule has 1 atom stereocenters. The topological polar surface area (TPSA) is 47.3 Å².